The Morgan fingerprint density at radius 3 is 2.60 bits per heavy atom. The van der Waals surface area contributed by atoms with Gasteiger partial charge in [0.2, 0.25) is 0 Å². The molecule has 0 atom stereocenters. The SMILES string of the molecule is CC(=O)C1(OCc2cc(F)ccc2F)CCNCC1.Cl. The third-order valence-corrected chi connectivity index (χ3v) is 3.56. The van der Waals surface area contributed by atoms with E-state index in [2.05, 4.69) is 5.32 Å². The van der Waals surface area contributed by atoms with Crippen LogP contribution < -0.4 is 5.32 Å². The number of carbonyl (C=O) groups is 1. The molecule has 1 aliphatic heterocycles. The van der Waals surface area contributed by atoms with Crippen molar-refractivity contribution < 1.29 is 18.3 Å². The first-order valence-electron chi connectivity index (χ1n) is 6.33. The Balaban J connectivity index is 0.00000200. The lowest BCUT2D eigenvalue weighted by molar-refractivity contribution is -0.148. The van der Waals surface area contributed by atoms with Gasteiger partial charge >= 0.3 is 0 Å². The molecular formula is C14H18ClF2NO2. The maximum Gasteiger partial charge on any atom is 0.161 e. The number of ketones is 1. The van der Waals surface area contributed by atoms with Crippen LogP contribution in [0.2, 0.25) is 0 Å². The molecule has 0 bridgehead atoms. The number of halogens is 3. The van der Waals surface area contributed by atoms with Gasteiger partial charge in [0.25, 0.3) is 0 Å². The number of rotatable bonds is 4. The summed E-state index contributed by atoms with van der Waals surface area (Å²) in [7, 11) is 0. The highest BCUT2D eigenvalue weighted by molar-refractivity contribution is 5.85. The van der Waals surface area contributed by atoms with Crippen molar-refractivity contribution in [1.82, 2.24) is 5.32 Å². The van der Waals surface area contributed by atoms with E-state index >= 15 is 0 Å². The summed E-state index contributed by atoms with van der Waals surface area (Å²) >= 11 is 0. The van der Waals surface area contributed by atoms with E-state index in [1.807, 2.05) is 0 Å². The molecule has 1 aliphatic rings. The molecule has 2 rings (SSSR count). The molecule has 0 amide bonds. The van der Waals surface area contributed by atoms with Crippen LogP contribution in [0.25, 0.3) is 0 Å². The van der Waals surface area contributed by atoms with Gasteiger partial charge in [0.1, 0.15) is 17.2 Å². The van der Waals surface area contributed by atoms with Crippen molar-refractivity contribution in [2.75, 3.05) is 13.1 Å². The third kappa shape index (κ3) is 3.75. The summed E-state index contributed by atoms with van der Waals surface area (Å²) in [4.78, 5) is 11.8. The Hall–Kier alpha value is -1.04. The van der Waals surface area contributed by atoms with Gasteiger partial charge in [-0.25, -0.2) is 8.78 Å². The number of ether oxygens (including phenoxy) is 1. The number of nitrogens with one attached hydrogen (secondary N) is 1. The van der Waals surface area contributed by atoms with Gasteiger partial charge in [-0.3, -0.25) is 4.79 Å². The molecule has 1 aromatic rings. The smallest absolute Gasteiger partial charge is 0.161 e. The van der Waals surface area contributed by atoms with Crippen molar-refractivity contribution in [3.8, 4) is 0 Å². The monoisotopic (exact) mass is 305 g/mol. The molecule has 3 nitrogen and oxygen atoms in total. The van der Waals surface area contributed by atoms with Gasteiger partial charge in [0, 0.05) is 5.56 Å². The summed E-state index contributed by atoms with van der Waals surface area (Å²) in [6, 6.07) is 3.23. The van der Waals surface area contributed by atoms with E-state index in [0.29, 0.717) is 25.9 Å². The van der Waals surface area contributed by atoms with Crippen LogP contribution in [0.5, 0.6) is 0 Å². The molecule has 1 fully saturated rings. The summed E-state index contributed by atoms with van der Waals surface area (Å²) in [6.45, 7) is 2.76. The highest BCUT2D eigenvalue weighted by Gasteiger charge is 2.37. The van der Waals surface area contributed by atoms with Gasteiger partial charge in [-0.15, -0.1) is 12.4 Å². The van der Waals surface area contributed by atoms with Gasteiger partial charge in [-0.05, 0) is 51.1 Å². The number of hydrogen-bond donors (Lipinski definition) is 1. The molecule has 1 N–H and O–H groups in total. The summed E-state index contributed by atoms with van der Waals surface area (Å²) in [5.41, 5.74) is -0.733. The highest BCUT2D eigenvalue weighted by atomic mass is 35.5. The maximum absolute atomic E-state index is 13.5. The quantitative estimate of drug-likeness (QED) is 0.929. The molecule has 0 radical (unpaired) electrons. The minimum atomic E-state index is -0.871. The van der Waals surface area contributed by atoms with E-state index < -0.39 is 17.2 Å². The molecule has 0 spiro atoms. The molecule has 0 aromatic heterocycles. The first-order chi connectivity index (χ1) is 9.03. The average molecular weight is 306 g/mol. The van der Waals surface area contributed by atoms with Gasteiger partial charge in [0.05, 0.1) is 6.61 Å². The lowest BCUT2D eigenvalue weighted by Gasteiger charge is -2.35. The Bertz CT molecular complexity index is 476. The minimum Gasteiger partial charge on any atom is -0.362 e. The van der Waals surface area contributed by atoms with E-state index in [0.717, 1.165) is 18.2 Å². The lowest BCUT2D eigenvalue weighted by Crippen LogP contribution is -2.48. The average Bonchev–Trinajstić information content (AvgIpc) is 2.41. The predicted octanol–water partition coefficient (Wildman–Crippen LogP) is 2.61. The Kier molecular flexibility index (Phi) is 6.05. The van der Waals surface area contributed by atoms with Crippen molar-refractivity contribution in [3.63, 3.8) is 0 Å². The number of benzene rings is 1. The summed E-state index contributed by atoms with van der Waals surface area (Å²) < 4.78 is 32.2. The number of Topliss-reactive ketones (excluding diaryl/α,β-unsaturated/α-hetero) is 1. The van der Waals surface area contributed by atoms with Crippen LogP contribution >= 0.6 is 12.4 Å². The van der Waals surface area contributed by atoms with Crippen molar-refractivity contribution in [1.29, 1.82) is 0 Å². The first-order valence-corrected chi connectivity index (χ1v) is 6.33. The van der Waals surface area contributed by atoms with E-state index in [-0.39, 0.29) is 30.4 Å². The van der Waals surface area contributed by atoms with Crippen molar-refractivity contribution in [3.05, 3.63) is 35.4 Å². The molecule has 1 aromatic carbocycles. The first kappa shape index (κ1) is 17.0. The normalized spacial score (nSPS) is 17.4. The zero-order chi connectivity index (χ0) is 13.9. The van der Waals surface area contributed by atoms with Gasteiger partial charge in [0.15, 0.2) is 5.78 Å². The lowest BCUT2D eigenvalue weighted by atomic mass is 9.88. The molecular weight excluding hydrogens is 288 g/mol. The number of piperidine rings is 1. The van der Waals surface area contributed by atoms with E-state index in [9.17, 15) is 13.6 Å². The van der Waals surface area contributed by atoms with Crippen LogP contribution in [0.4, 0.5) is 8.78 Å². The molecule has 1 heterocycles. The van der Waals surface area contributed by atoms with Gasteiger partial charge < -0.3 is 10.1 Å². The second-order valence-electron chi connectivity index (χ2n) is 4.82. The molecule has 112 valence electrons. The Morgan fingerprint density at radius 2 is 2.00 bits per heavy atom. The fourth-order valence-corrected chi connectivity index (χ4v) is 2.30. The van der Waals surface area contributed by atoms with E-state index in [1.165, 1.54) is 6.92 Å². The minimum absolute atomic E-state index is 0. The highest BCUT2D eigenvalue weighted by Crippen LogP contribution is 2.26. The largest absolute Gasteiger partial charge is 0.362 e. The van der Waals surface area contributed by atoms with E-state index in [1.54, 1.807) is 0 Å². The number of carbonyl (C=O) groups excluding carboxylic acids is 1. The summed E-state index contributed by atoms with van der Waals surface area (Å²) in [5.74, 6) is -1.10. The second-order valence-corrected chi connectivity index (χ2v) is 4.82. The Morgan fingerprint density at radius 1 is 1.35 bits per heavy atom. The molecule has 1 saturated heterocycles. The standard InChI is InChI=1S/C14H17F2NO2.ClH/c1-10(18)14(4-6-17-7-5-14)19-9-11-8-12(15)2-3-13(11)16;/h2-3,8,17H,4-7,9H2,1H3;1H. The molecule has 6 heteroatoms. The Labute approximate surface area is 123 Å². The van der Waals surface area contributed by atoms with Gasteiger partial charge in [-0.1, -0.05) is 0 Å². The molecule has 0 aliphatic carbocycles. The van der Waals surface area contributed by atoms with Crippen molar-refractivity contribution in [2.45, 2.75) is 32.0 Å². The van der Waals surface area contributed by atoms with Crippen LogP contribution in [0.1, 0.15) is 25.3 Å². The number of hydrogen-bond acceptors (Lipinski definition) is 3. The van der Waals surface area contributed by atoms with Crippen LogP contribution in [0.3, 0.4) is 0 Å². The molecule has 0 saturated carbocycles. The molecule has 20 heavy (non-hydrogen) atoms. The zero-order valence-corrected chi connectivity index (χ0v) is 12.1. The second kappa shape index (κ2) is 7.11. The summed E-state index contributed by atoms with van der Waals surface area (Å²) in [5, 5.41) is 3.15. The fourth-order valence-electron chi connectivity index (χ4n) is 2.30. The third-order valence-electron chi connectivity index (χ3n) is 3.56. The predicted molar refractivity (Wildman–Crippen MR) is 73.9 cm³/mol. The van der Waals surface area contributed by atoms with Crippen molar-refractivity contribution in [2.24, 2.45) is 0 Å². The fraction of sp³-hybridized carbons (Fsp3) is 0.500. The van der Waals surface area contributed by atoms with Crippen LogP contribution in [0.15, 0.2) is 18.2 Å². The van der Waals surface area contributed by atoms with Crippen LogP contribution in [-0.4, -0.2) is 24.5 Å². The van der Waals surface area contributed by atoms with Crippen molar-refractivity contribution >= 4 is 18.2 Å². The van der Waals surface area contributed by atoms with Crippen LogP contribution in [-0.2, 0) is 16.1 Å². The zero-order valence-electron chi connectivity index (χ0n) is 11.2. The topological polar surface area (TPSA) is 38.3 Å². The van der Waals surface area contributed by atoms with Gasteiger partial charge in [-0.2, -0.15) is 0 Å². The molecule has 0 unspecified atom stereocenters. The summed E-state index contributed by atoms with van der Waals surface area (Å²) in [6.07, 6.45) is 1.11. The van der Waals surface area contributed by atoms with E-state index in [4.69, 9.17) is 4.74 Å². The van der Waals surface area contributed by atoms with Crippen LogP contribution in [0, 0.1) is 11.6 Å². The maximum atomic E-state index is 13.5.